The summed E-state index contributed by atoms with van der Waals surface area (Å²) in [5.41, 5.74) is 1.41. The van der Waals surface area contributed by atoms with Crippen molar-refractivity contribution in [3.8, 4) is 6.07 Å². The zero-order chi connectivity index (χ0) is 15.1. The zero-order valence-corrected chi connectivity index (χ0v) is 13.2. The molecule has 21 heavy (non-hydrogen) atoms. The summed E-state index contributed by atoms with van der Waals surface area (Å²) in [5, 5.41) is 9.43. The lowest BCUT2D eigenvalue weighted by Gasteiger charge is -2.38. The van der Waals surface area contributed by atoms with Gasteiger partial charge in [-0.3, -0.25) is 4.90 Å². The Morgan fingerprint density at radius 2 is 2.05 bits per heavy atom. The molecule has 3 nitrogen and oxygen atoms in total. The van der Waals surface area contributed by atoms with E-state index in [0.29, 0.717) is 12.0 Å². The number of likely N-dealkylation sites (N-methyl/N-ethyl adjacent to an activating group) is 1. The van der Waals surface area contributed by atoms with Crippen LogP contribution in [0, 0.1) is 17.2 Å². The van der Waals surface area contributed by atoms with E-state index in [1.807, 2.05) is 6.92 Å². The van der Waals surface area contributed by atoms with Crippen LogP contribution in [-0.4, -0.2) is 37.7 Å². The van der Waals surface area contributed by atoms with Gasteiger partial charge in [-0.1, -0.05) is 30.3 Å². The molecule has 0 radical (unpaired) electrons. The molecule has 1 aromatic carbocycles. The highest BCUT2D eigenvalue weighted by atomic mass is 16.5. The second kappa shape index (κ2) is 8.17. The topological polar surface area (TPSA) is 36.3 Å². The molecule has 0 spiro atoms. The highest BCUT2D eigenvalue weighted by Crippen LogP contribution is 2.37. The Labute approximate surface area is 128 Å². The number of nitrogens with zero attached hydrogens (tertiary/aromatic N) is 2. The number of benzene rings is 1. The summed E-state index contributed by atoms with van der Waals surface area (Å²) in [5.74, 6) is 0.729. The lowest BCUT2D eigenvalue weighted by atomic mass is 9.75. The summed E-state index contributed by atoms with van der Waals surface area (Å²) < 4.78 is 5.45. The fourth-order valence-corrected chi connectivity index (χ4v) is 3.33. The van der Waals surface area contributed by atoms with E-state index in [4.69, 9.17) is 4.74 Å². The second-order valence-electron chi connectivity index (χ2n) is 5.90. The summed E-state index contributed by atoms with van der Waals surface area (Å²) >= 11 is 0. The van der Waals surface area contributed by atoms with Crippen LogP contribution in [0.4, 0.5) is 0 Å². The summed E-state index contributed by atoms with van der Waals surface area (Å²) in [4.78, 5) is 2.32. The van der Waals surface area contributed by atoms with E-state index >= 15 is 0 Å². The van der Waals surface area contributed by atoms with Gasteiger partial charge in [-0.15, -0.1) is 0 Å². The lowest BCUT2D eigenvalue weighted by molar-refractivity contribution is 0.0828. The van der Waals surface area contributed by atoms with Gasteiger partial charge >= 0.3 is 0 Å². The minimum Gasteiger partial charge on any atom is -0.380 e. The van der Waals surface area contributed by atoms with E-state index in [9.17, 15) is 5.26 Å². The van der Waals surface area contributed by atoms with Gasteiger partial charge in [-0.2, -0.15) is 5.26 Å². The number of nitriles is 1. The van der Waals surface area contributed by atoms with Gasteiger partial charge in [0.05, 0.1) is 18.6 Å². The van der Waals surface area contributed by atoms with Crippen molar-refractivity contribution in [2.45, 2.75) is 38.1 Å². The maximum absolute atomic E-state index is 9.43. The average Bonchev–Trinajstić information content (AvgIpc) is 2.55. The van der Waals surface area contributed by atoms with E-state index in [0.717, 1.165) is 39.0 Å². The maximum atomic E-state index is 9.43. The molecular formula is C18H26N2O. The summed E-state index contributed by atoms with van der Waals surface area (Å²) in [6, 6.07) is 13.6. The van der Waals surface area contributed by atoms with Gasteiger partial charge in [0.1, 0.15) is 0 Å². The summed E-state index contributed by atoms with van der Waals surface area (Å²) in [6.45, 7) is 4.42. The zero-order valence-electron chi connectivity index (χ0n) is 13.2. The van der Waals surface area contributed by atoms with Crippen LogP contribution in [-0.2, 0) is 4.74 Å². The molecule has 1 aromatic rings. The Morgan fingerprint density at radius 1 is 1.29 bits per heavy atom. The molecule has 0 N–H and O–H groups in total. The minimum atomic E-state index is 0.150. The summed E-state index contributed by atoms with van der Waals surface area (Å²) in [6.07, 6.45) is 3.20. The molecule has 1 fully saturated rings. The van der Waals surface area contributed by atoms with Crippen LogP contribution < -0.4 is 0 Å². The molecule has 3 atom stereocenters. The molecule has 1 saturated carbocycles. The first-order valence-electron chi connectivity index (χ1n) is 7.98. The van der Waals surface area contributed by atoms with E-state index in [-0.39, 0.29) is 5.92 Å². The van der Waals surface area contributed by atoms with E-state index in [1.165, 1.54) is 5.56 Å². The molecule has 3 heteroatoms. The lowest BCUT2D eigenvalue weighted by Crippen LogP contribution is -2.42. The van der Waals surface area contributed by atoms with Crippen molar-refractivity contribution < 1.29 is 4.74 Å². The predicted molar refractivity (Wildman–Crippen MR) is 85.0 cm³/mol. The highest BCUT2D eigenvalue weighted by Gasteiger charge is 2.33. The Kier molecular flexibility index (Phi) is 6.22. The third kappa shape index (κ3) is 4.30. The largest absolute Gasteiger partial charge is 0.380 e. The molecule has 0 bridgehead atoms. The molecule has 1 aliphatic rings. The van der Waals surface area contributed by atoms with E-state index in [1.54, 1.807) is 0 Å². The van der Waals surface area contributed by atoms with Crippen molar-refractivity contribution in [3.63, 3.8) is 0 Å². The predicted octanol–water partition coefficient (Wildman–Crippen LogP) is 3.43. The molecule has 0 aliphatic heterocycles. The van der Waals surface area contributed by atoms with E-state index < -0.39 is 0 Å². The summed E-state index contributed by atoms with van der Waals surface area (Å²) in [7, 11) is 2.13. The monoisotopic (exact) mass is 286 g/mol. The van der Waals surface area contributed by atoms with Crippen molar-refractivity contribution in [2.75, 3.05) is 26.8 Å². The maximum Gasteiger partial charge on any atom is 0.0672 e. The van der Waals surface area contributed by atoms with Crippen molar-refractivity contribution in [2.24, 2.45) is 5.92 Å². The molecule has 3 unspecified atom stereocenters. The van der Waals surface area contributed by atoms with Gasteiger partial charge in [0, 0.05) is 19.2 Å². The normalized spacial score (nSPS) is 25.7. The Balaban J connectivity index is 2.00. The fourth-order valence-electron chi connectivity index (χ4n) is 3.33. The molecule has 2 rings (SSSR count). The van der Waals surface area contributed by atoms with Crippen molar-refractivity contribution in [3.05, 3.63) is 35.9 Å². The first-order chi connectivity index (χ1) is 10.3. The SMILES string of the molecule is CCOCCN(C)C1CC(c2ccccc2)CCC1C#N. The van der Waals surface area contributed by atoms with Gasteiger partial charge in [0.25, 0.3) is 0 Å². The number of hydrogen-bond donors (Lipinski definition) is 0. The fraction of sp³-hybridized carbons (Fsp3) is 0.611. The van der Waals surface area contributed by atoms with Crippen LogP contribution in [0.5, 0.6) is 0 Å². The minimum absolute atomic E-state index is 0.150. The number of ether oxygens (including phenoxy) is 1. The molecule has 0 heterocycles. The second-order valence-corrected chi connectivity index (χ2v) is 5.90. The van der Waals surface area contributed by atoms with Crippen LogP contribution in [0.1, 0.15) is 37.7 Å². The average molecular weight is 286 g/mol. The standard InChI is InChI=1S/C18H26N2O/c1-3-21-12-11-20(2)18-13-16(9-10-17(18)14-19)15-7-5-4-6-8-15/h4-8,16-18H,3,9-13H2,1-2H3. The Hall–Kier alpha value is -1.37. The molecule has 114 valence electrons. The number of rotatable bonds is 6. The van der Waals surface area contributed by atoms with Gasteiger partial charge < -0.3 is 4.74 Å². The quantitative estimate of drug-likeness (QED) is 0.752. The third-order valence-electron chi connectivity index (χ3n) is 4.61. The molecular weight excluding hydrogens is 260 g/mol. The van der Waals surface area contributed by atoms with Crippen LogP contribution in [0.15, 0.2) is 30.3 Å². The van der Waals surface area contributed by atoms with Gasteiger partial charge in [0.15, 0.2) is 0 Å². The molecule has 0 aromatic heterocycles. The van der Waals surface area contributed by atoms with Crippen LogP contribution >= 0.6 is 0 Å². The molecule has 1 aliphatic carbocycles. The Morgan fingerprint density at radius 3 is 2.71 bits per heavy atom. The molecule has 0 saturated heterocycles. The van der Waals surface area contributed by atoms with Gasteiger partial charge in [-0.25, -0.2) is 0 Å². The van der Waals surface area contributed by atoms with Gasteiger partial charge in [0.2, 0.25) is 0 Å². The smallest absolute Gasteiger partial charge is 0.0672 e. The molecule has 0 amide bonds. The van der Waals surface area contributed by atoms with Crippen molar-refractivity contribution >= 4 is 0 Å². The van der Waals surface area contributed by atoms with Crippen LogP contribution in [0.3, 0.4) is 0 Å². The third-order valence-corrected chi connectivity index (χ3v) is 4.61. The van der Waals surface area contributed by atoms with Crippen LogP contribution in [0.25, 0.3) is 0 Å². The first-order valence-corrected chi connectivity index (χ1v) is 7.98. The number of hydrogen-bond acceptors (Lipinski definition) is 3. The van der Waals surface area contributed by atoms with Crippen molar-refractivity contribution in [1.29, 1.82) is 5.26 Å². The van der Waals surface area contributed by atoms with Gasteiger partial charge in [-0.05, 0) is 44.7 Å². The highest BCUT2D eigenvalue weighted by molar-refractivity contribution is 5.21. The Bertz CT molecular complexity index is 454. The first kappa shape index (κ1) is 16.0. The van der Waals surface area contributed by atoms with Crippen LogP contribution in [0.2, 0.25) is 0 Å². The van der Waals surface area contributed by atoms with E-state index in [2.05, 4.69) is 48.3 Å². The van der Waals surface area contributed by atoms with Crippen molar-refractivity contribution in [1.82, 2.24) is 4.90 Å².